The van der Waals surface area contributed by atoms with E-state index in [0.717, 1.165) is 25.9 Å². The highest BCUT2D eigenvalue weighted by Gasteiger charge is 2.43. The van der Waals surface area contributed by atoms with Crippen molar-refractivity contribution in [1.29, 1.82) is 0 Å². The minimum atomic E-state index is 0.108. The Morgan fingerprint density at radius 3 is 2.61 bits per heavy atom. The highest BCUT2D eigenvalue weighted by atomic mass is 35.5. The van der Waals surface area contributed by atoms with Crippen LogP contribution in [0.5, 0.6) is 11.8 Å². The molecule has 3 atom stereocenters. The molecule has 1 aliphatic heterocycles. The maximum absolute atomic E-state index is 6.09. The first-order chi connectivity index (χ1) is 15.0. The fourth-order valence-corrected chi connectivity index (χ4v) is 4.77. The van der Waals surface area contributed by atoms with E-state index < -0.39 is 0 Å². The average molecular weight is 444 g/mol. The molecule has 0 spiro atoms. The van der Waals surface area contributed by atoms with Gasteiger partial charge in [0, 0.05) is 31.1 Å². The number of aryl methyl sites for hydroxylation is 1. The van der Waals surface area contributed by atoms with Crippen LogP contribution in [0.3, 0.4) is 0 Å². The Bertz CT molecular complexity index is 1050. The molecule has 10 heteroatoms. The largest absolute Gasteiger partial charge is 0.424 e. The third-order valence-corrected chi connectivity index (χ3v) is 6.24. The average Bonchev–Trinajstić information content (AvgIpc) is 3.39. The van der Waals surface area contributed by atoms with Gasteiger partial charge in [-0.05, 0) is 56.7 Å². The molecule has 2 fully saturated rings. The van der Waals surface area contributed by atoms with Gasteiger partial charge in [0.2, 0.25) is 11.8 Å². The normalized spacial score (nSPS) is 22.9. The molecule has 164 valence electrons. The van der Waals surface area contributed by atoms with Gasteiger partial charge < -0.3 is 19.4 Å². The van der Waals surface area contributed by atoms with Crippen LogP contribution >= 0.6 is 11.6 Å². The molecule has 1 aliphatic carbocycles. The maximum atomic E-state index is 6.09. The summed E-state index contributed by atoms with van der Waals surface area (Å²) in [4.78, 5) is 6.85. The molecule has 1 N–H and O–H groups in total. The van der Waals surface area contributed by atoms with Crippen molar-refractivity contribution >= 4 is 23.6 Å². The lowest BCUT2D eigenvalue weighted by Crippen LogP contribution is -2.48. The van der Waals surface area contributed by atoms with Crippen molar-refractivity contribution in [3.63, 3.8) is 0 Å². The van der Waals surface area contributed by atoms with Crippen molar-refractivity contribution in [2.45, 2.75) is 45.7 Å². The topological polar surface area (TPSA) is 94.1 Å². The first-order valence-electron chi connectivity index (χ1n) is 10.7. The molecule has 2 bridgehead atoms. The highest BCUT2D eigenvalue weighted by Crippen LogP contribution is 2.40. The van der Waals surface area contributed by atoms with E-state index in [-0.39, 0.29) is 6.04 Å². The zero-order valence-corrected chi connectivity index (χ0v) is 18.6. The summed E-state index contributed by atoms with van der Waals surface area (Å²) < 4.78 is 13.4. The molecule has 3 aromatic rings. The van der Waals surface area contributed by atoms with E-state index in [9.17, 15) is 0 Å². The Balaban J connectivity index is 1.32. The SMILES string of the molecule is Cc1nnc(N2C[C@H]3CC[C@@H](C2)[C@@H]3Nc2nc(Oc3cccc(Cl)c3)n(C(C)C)n2)o1. The van der Waals surface area contributed by atoms with Gasteiger partial charge in [-0.15, -0.1) is 10.2 Å². The molecule has 1 aromatic carbocycles. The molecule has 9 nitrogen and oxygen atoms in total. The molecule has 2 aromatic heterocycles. The number of fused-ring (bicyclic) bond motifs is 2. The number of anilines is 2. The number of rotatable bonds is 6. The van der Waals surface area contributed by atoms with E-state index in [1.54, 1.807) is 10.7 Å². The molecule has 3 heterocycles. The van der Waals surface area contributed by atoms with Crippen LogP contribution in [0, 0.1) is 18.8 Å². The second-order valence-corrected chi connectivity index (χ2v) is 9.03. The predicted octanol–water partition coefficient (Wildman–Crippen LogP) is 4.32. The van der Waals surface area contributed by atoms with Crippen LogP contribution < -0.4 is 15.0 Å². The van der Waals surface area contributed by atoms with Gasteiger partial charge in [-0.25, -0.2) is 4.68 Å². The third kappa shape index (κ3) is 4.06. The van der Waals surface area contributed by atoms with Crippen LogP contribution in [0.15, 0.2) is 28.7 Å². The molecule has 2 aliphatic rings. The number of nitrogens with one attached hydrogen (secondary N) is 1. The summed E-state index contributed by atoms with van der Waals surface area (Å²) in [6.07, 6.45) is 2.31. The number of ether oxygens (including phenoxy) is 1. The molecular formula is C21H26ClN7O2. The molecule has 0 amide bonds. The van der Waals surface area contributed by atoms with Crippen LogP contribution in [0.2, 0.25) is 5.02 Å². The van der Waals surface area contributed by atoms with Gasteiger partial charge in [0.1, 0.15) is 5.75 Å². The molecule has 0 radical (unpaired) electrons. The zero-order valence-electron chi connectivity index (χ0n) is 17.8. The Morgan fingerprint density at radius 2 is 1.97 bits per heavy atom. The molecule has 0 unspecified atom stereocenters. The van der Waals surface area contributed by atoms with Crippen LogP contribution in [0.25, 0.3) is 0 Å². The number of halogens is 1. The summed E-state index contributed by atoms with van der Waals surface area (Å²) in [6.45, 7) is 7.69. The van der Waals surface area contributed by atoms with E-state index in [4.69, 9.17) is 20.8 Å². The third-order valence-electron chi connectivity index (χ3n) is 6.01. The monoisotopic (exact) mass is 443 g/mol. The fourth-order valence-electron chi connectivity index (χ4n) is 4.59. The number of benzene rings is 1. The van der Waals surface area contributed by atoms with Gasteiger partial charge in [-0.2, -0.15) is 4.98 Å². The first kappa shape index (κ1) is 20.1. The van der Waals surface area contributed by atoms with Crippen molar-refractivity contribution < 1.29 is 9.15 Å². The molecule has 5 rings (SSSR count). The number of aromatic nitrogens is 5. The lowest BCUT2D eigenvalue weighted by Gasteiger charge is -2.37. The standard InChI is InChI=1S/C21H26ClN7O2/c1-12(2)29-20(31-17-6-4-5-16(22)9-17)24-19(27-29)23-18-14-7-8-15(18)11-28(10-14)21-26-25-13(3)30-21/h4-6,9,12,14-15,18H,7-8,10-11H2,1-3H3,(H,23,27)/t14-,15+,18-. The van der Waals surface area contributed by atoms with Crippen LogP contribution in [0.4, 0.5) is 12.0 Å². The quantitative estimate of drug-likeness (QED) is 0.601. The first-order valence-corrected chi connectivity index (χ1v) is 11.1. The second kappa shape index (κ2) is 8.03. The van der Waals surface area contributed by atoms with Gasteiger partial charge in [0.15, 0.2) is 0 Å². The van der Waals surface area contributed by atoms with Crippen LogP contribution in [0.1, 0.15) is 38.6 Å². The molecule has 31 heavy (non-hydrogen) atoms. The van der Waals surface area contributed by atoms with E-state index in [1.165, 1.54) is 0 Å². The Morgan fingerprint density at radius 1 is 1.19 bits per heavy atom. The van der Waals surface area contributed by atoms with Gasteiger partial charge in [0.25, 0.3) is 0 Å². The Kier molecular flexibility index (Phi) is 5.21. The van der Waals surface area contributed by atoms with Crippen LogP contribution in [-0.2, 0) is 0 Å². The minimum absolute atomic E-state index is 0.108. The molecule has 1 saturated carbocycles. The van der Waals surface area contributed by atoms with E-state index >= 15 is 0 Å². The smallest absolute Gasteiger partial charge is 0.322 e. The van der Waals surface area contributed by atoms with Gasteiger partial charge in [-0.1, -0.05) is 22.8 Å². The second-order valence-electron chi connectivity index (χ2n) is 8.59. The number of piperidine rings is 1. The van der Waals surface area contributed by atoms with E-state index in [0.29, 0.717) is 52.5 Å². The Labute approximate surface area is 185 Å². The fraction of sp³-hybridized carbons (Fsp3) is 0.524. The Hall–Kier alpha value is -2.81. The van der Waals surface area contributed by atoms with Crippen molar-refractivity contribution in [3.05, 3.63) is 35.2 Å². The van der Waals surface area contributed by atoms with Crippen molar-refractivity contribution in [2.75, 3.05) is 23.3 Å². The summed E-state index contributed by atoms with van der Waals surface area (Å²) in [5.74, 6) is 2.76. The highest BCUT2D eigenvalue weighted by molar-refractivity contribution is 6.30. The van der Waals surface area contributed by atoms with Crippen molar-refractivity contribution in [1.82, 2.24) is 25.0 Å². The van der Waals surface area contributed by atoms with Crippen molar-refractivity contribution in [2.24, 2.45) is 11.8 Å². The van der Waals surface area contributed by atoms with Crippen molar-refractivity contribution in [3.8, 4) is 11.8 Å². The predicted molar refractivity (Wildman–Crippen MR) is 117 cm³/mol. The summed E-state index contributed by atoms with van der Waals surface area (Å²) >= 11 is 6.09. The summed E-state index contributed by atoms with van der Waals surface area (Å²) in [5.41, 5.74) is 0. The lowest BCUT2D eigenvalue weighted by atomic mass is 9.92. The molecule has 1 saturated heterocycles. The summed E-state index contributed by atoms with van der Waals surface area (Å²) in [5, 5.41) is 17.0. The summed E-state index contributed by atoms with van der Waals surface area (Å²) in [7, 11) is 0. The van der Waals surface area contributed by atoms with Crippen LogP contribution in [-0.4, -0.2) is 44.1 Å². The summed E-state index contributed by atoms with van der Waals surface area (Å²) in [6, 6.07) is 8.77. The van der Waals surface area contributed by atoms with Gasteiger partial charge in [0.05, 0.1) is 6.04 Å². The molecular weight excluding hydrogens is 418 g/mol. The zero-order chi connectivity index (χ0) is 21.5. The van der Waals surface area contributed by atoms with Gasteiger partial charge in [-0.3, -0.25) is 0 Å². The van der Waals surface area contributed by atoms with E-state index in [1.807, 2.05) is 25.1 Å². The maximum Gasteiger partial charge on any atom is 0.322 e. The number of nitrogens with zero attached hydrogens (tertiary/aromatic N) is 6. The van der Waals surface area contributed by atoms with Gasteiger partial charge >= 0.3 is 12.0 Å². The number of hydrogen-bond donors (Lipinski definition) is 1. The van der Waals surface area contributed by atoms with E-state index in [2.05, 4.69) is 44.3 Å². The minimum Gasteiger partial charge on any atom is -0.424 e. The lowest BCUT2D eigenvalue weighted by molar-refractivity contribution is 0.356. The number of hydrogen-bond acceptors (Lipinski definition) is 8.